The van der Waals surface area contributed by atoms with Crippen LogP contribution in [0.2, 0.25) is 0 Å². The molecule has 3 aliphatic heterocycles. The molecule has 5 rings (SSSR count). The maximum Gasteiger partial charge on any atom is 0.0705 e. The number of piperidine rings is 3. The number of fused-ring (bicyclic) bond motifs is 4. The predicted molar refractivity (Wildman–Crippen MR) is 90.5 cm³/mol. The fraction of sp³-hybridized carbons (Fsp3) is 0.526. The third-order valence-electron chi connectivity index (χ3n) is 5.92. The van der Waals surface area contributed by atoms with Crippen LogP contribution >= 0.6 is 0 Å². The van der Waals surface area contributed by atoms with E-state index in [2.05, 4.69) is 41.1 Å². The summed E-state index contributed by atoms with van der Waals surface area (Å²) in [5.74, 6) is 1.76. The second-order valence-corrected chi connectivity index (χ2v) is 6.96. The van der Waals surface area contributed by atoms with Crippen LogP contribution in [0, 0.1) is 11.8 Å². The Hall–Kier alpha value is -1.45. The van der Waals surface area contributed by atoms with Crippen molar-refractivity contribution >= 4 is 10.9 Å². The molecule has 5 atom stereocenters. The van der Waals surface area contributed by atoms with Crippen LogP contribution in [0.4, 0.5) is 0 Å². The Morgan fingerprint density at radius 1 is 1.32 bits per heavy atom. The molecule has 0 saturated carbocycles. The molecule has 1 unspecified atom stereocenters. The van der Waals surface area contributed by atoms with Gasteiger partial charge in [0.1, 0.15) is 0 Å². The van der Waals surface area contributed by atoms with Gasteiger partial charge in [0.2, 0.25) is 0 Å². The van der Waals surface area contributed by atoms with Crippen LogP contribution in [-0.2, 0) is 0 Å². The molecule has 4 heterocycles. The summed E-state index contributed by atoms with van der Waals surface area (Å²) in [6.07, 6.45) is 5.83. The summed E-state index contributed by atoms with van der Waals surface area (Å²) in [5, 5.41) is 1.21. The fourth-order valence-corrected chi connectivity index (χ4v) is 4.63. The summed E-state index contributed by atoms with van der Waals surface area (Å²) in [4.78, 5) is 7.12. The second-order valence-electron chi connectivity index (χ2n) is 6.96. The molecule has 0 radical (unpaired) electrons. The largest absolute Gasteiger partial charge is 0.323 e. The van der Waals surface area contributed by atoms with Gasteiger partial charge in [-0.15, -0.1) is 0 Å². The highest BCUT2D eigenvalue weighted by Crippen LogP contribution is 2.41. The molecule has 22 heavy (non-hydrogen) atoms. The number of benzene rings is 1. The Morgan fingerprint density at radius 2 is 2.18 bits per heavy atom. The number of hydrogen-bond donors (Lipinski definition) is 1. The molecule has 0 spiro atoms. The van der Waals surface area contributed by atoms with Crippen LogP contribution in [0.25, 0.3) is 10.9 Å². The number of hydrogen-bond acceptors (Lipinski definition) is 3. The average Bonchev–Trinajstić information content (AvgIpc) is 2.60. The fourth-order valence-electron chi connectivity index (χ4n) is 4.63. The lowest BCUT2D eigenvalue weighted by Crippen LogP contribution is -2.56. The van der Waals surface area contributed by atoms with Gasteiger partial charge in [-0.25, -0.2) is 0 Å². The van der Waals surface area contributed by atoms with E-state index < -0.39 is 0 Å². The summed E-state index contributed by atoms with van der Waals surface area (Å²) < 4.78 is 0. The molecule has 0 amide bonds. The van der Waals surface area contributed by atoms with Gasteiger partial charge < -0.3 is 5.73 Å². The topological polar surface area (TPSA) is 42.1 Å². The summed E-state index contributed by atoms with van der Waals surface area (Å²) in [5.41, 5.74) is 9.05. The number of nitrogens with two attached hydrogens (primary N) is 1. The molecule has 3 nitrogen and oxygen atoms in total. The van der Waals surface area contributed by atoms with Crippen LogP contribution < -0.4 is 5.73 Å². The maximum absolute atomic E-state index is 6.74. The lowest BCUT2D eigenvalue weighted by Gasteiger charge is -2.51. The van der Waals surface area contributed by atoms with Crippen molar-refractivity contribution in [2.45, 2.75) is 38.3 Å². The highest BCUT2D eigenvalue weighted by molar-refractivity contribution is 5.82. The minimum absolute atomic E-state index is 0.0912. The third kappa shape index (κ3) is 2.24. The minimum atomic E-state index is 0.0912. The first kappa shape index (κ1) is 14.2. The van der Waals surface area contributed by atoms with Gasteiger partial charge in [0.05, 0.1) is 5.52 Å². The van der Waals surface area contributed by atoms with Gasteiger partial charge in [0.15, 0.2) is 0 Å². The van der Waals surface area contributed by atoms with Gasteiger partial charge in [0.25, 0.3) is 0 Å². The highest BCUT2D eigenvalue weighted by Gasteiger charge is 2.41. The van der Waals surface area contributed by atoms with Crippen molar-refractivity contribution in [3.8, 4) is 0 Å². The van der Waals surface area contributed by atoms with Gasteiger partial charge in [-0.3, -0.25) is 9.88 Å². The summed E-state index contributed by atoms with van der Waals surface area (Å²) in [7, 11) is 0. The molecule has 2 N–H and O–H groups in total. The molecule has 2 bridgehead atoms. The van der Waals surface area contributed by atoms with E-state index >= 15 is 0 Å². The van der Waals surface area contributed by atoms with Crippen LogP contribution in [0.15, 0.2) is 36.5 Å². The molecule has 2 aromatic rings. The number of nitrogens with zero attached hydrogens (tertiary/aromatic N) is 2. The van der Waals surface area contributed by atoms with E-state index in [1.807, 2.05) is 12.3 Å². The molecule has 1 aromatic heterocycles. The minimum Gasteiger partial charge on any atom is -0.323 e. The van der Waals surface area contributed by atoms with Crippen molar-refractivity contribution in [1.82, 2.24) is 9.88 Å². The van der Waals surface area contributed by atoms with Crippen LogP contribution in [0.1, 0.15) is 37.8 Å². The lowest BCUT2D eigenvalue weighted by molar-refractivity contribution is -0.0105. The van der Waals surface area contributed by atoms with Crippen LogP contribution in [0.3, 0.4) is 0 Å². The zero-order chi connectivity index (χ0) is 15.1. The molecule has 0 aliphatic carbocycles. The van der Waals surface area contributed by atoms with Crippen molar-refractivity contribution in [1.29, 1.82) is 0 Å². The number of aromatic nitrogens is 1. The molecular weight excluding hydrogens is 270 g/mol. The first-order valence-corrected chi connectivity index (χ1v) is 8.61. The SMILES string of the molecule is CC[C@H]1CN2CC[C@H]1C[C@H]2[C@H](N)c1ccnc2ccccc12. The summed E-state index contributed by atoms with van der Waals surface area (Å²) in [6, 6.07) is 11.1. The molecule has 1 aromatic carbocycles. The first-order chi connectivity index (χ1) is 10.8. The zero-order valence-electron chi connectivity index (χ0n) is 13.3. The Balaban J connectivity index is 1.66. The molecule has 3 fully saturated rings. The molecule has 3 saturated heterocycles. The highest BCUT2D eigenvalue weighted by atomic mass is 15.2. The standard InChI is InChI=1S/C19H25N3/c1-2-13-12-22-10-8-14(13)11-18(22)19(20)16-7-9-21-17-6-4-3-5-15(16)17/h3-7,9,13-14,18-19H,2,8,10-12,20H2,1H3/t13-,14-,18-,19+/m0/s1. The van der Waals surface area contributed by atoms with Gasteiger partial charge in [-0.05, 0) is 48.9 Å². The van der Waals surface area contributed by atoms with E-state index in [4.69, 9.17) is 5.73 Å². The van der Waals surface area contributed by atoms with Crippen molar-refractivity contribution in [2.24, 2.45) is 17.6 Å². The molecular formula is C19H25N3. The monoisotopic (exact) mass is 295 g/mol. The van der Waals surface area contributed by atoms with Crippen molar-refractivity contribution in [3.05, 3.63) is 42.1 Å². The average molecular weight is 295 g/mol. The number of para-hydroxylation sites is 1. The first-order valence-electron chi connectivity index (χ1n) is 8.61. The Morgan fingerprint density at radius 3 is 2.95 bits per heavy atom. The Kier molecular flexibility index (Phi) is 3.63. The number of pyridine rings is 1. The summed E-state index contributed by atoms with van der Waals surface area (Å²) >= 11 is 0. The smallest absolute Gasteiger partial charge is 0.0705 e. The van der Waals surface area contributed by atoms with E-state index in [1.165, 1.54) is 43.3 Å². The van der Waals surface area contributed by atoms with E-state index in [0.717, 1.165) is 17.4 Å². The molecule has 3 aliphatic rings. The van der Waals surface area contributed by atoms with Crippen molar-refractivity contribution < 1.29 is 0 Å². The van der Waals surface area contributed by atoms with E-state index in [1.54, 1.807) is 0 Å². The van der Waals surface area contributed by atoms with Gasteiger partial charge >= 0.3 is 0 Å². The number of rotatable bonds is 3. The van der Waals surface area contributed by atoms with Crippen LogP contribution in [0.5, 0.6) is 0 Å². The lowest BCUT2D eigenvalue weighted by atomic mass is 9.72. The molecule has 3 heteroatoms. The molecule has 116 valence electrons. The summed E-state index contributed by atoms with van der Waals surface area (Å²) in [6.45, 7) is 4.79. The predicted octanol–water partition coefficient (Wildman–Crippen LogP) is 3.36. The maximum atomic E-state index is 6.74. The second kappa shape index (κ2) is 5.64. The Bertz CT molecular complexity index is 663. The van der Waals surface area contributed by atoms with Crippen LogP contribution in [-0.4, -0.2) is 29.0 Å². The van der Waals surface area contributed by atoms with Crippen molar-refractivity contribution in [2.75, 3.05) is 13.1 Å². The van der Waals surface area contributed by atoms with E-state index in [-0.39, 0.29) is 6.04 Å². The van der Waals surface area contributed by atoms with E-state index in [0.29, 0.717) is 6.04 Å². The van der Waals surface area contributed by atoms with Gasteiger partial charge in [0, 0.05) is 30.2 Å². The van der Waals surface area contributed by atoms with Crippen molar-refractivity contribution in [3.63, 3.8) is 0 Å². The Labute approximate surface area is 132 Å². The zero-order valence-corrected chi connectivity index (χ0v) is 13.3. The normalized spacial score (nSPS) is 32.3. The van der Waals surface area contributed by atoms with Gasteiger partial charge in [-0.2, -0.15) is 0 Å². The third-order valence-corrected chi connectivity index (χ3v) is 5.92. The quantitative estimate of drug-likeness (QED) is 0.944. The van der Waals surface area contributed by atoms with Gasteiger partial charge in [-0.1, -0.05) is 31.5 Å². The van der Waals surface area contributed by atoms with E-state index in [9.17, 15) is 0 Å².